The highest BCUT2D eigenvalue weighted by molar-refractivity contribution is 7.91. The summed E-state index contributed by atoms with van der Waals surface area (Å²) in [5.41, 5.74) is 0.429. The van der Waals surface area contributed by atoms with Crippen molar-refractivity contribution < 1.29 is 32.2 Å². The molecule has 3 rings (SSSR count). The summed E-state index contributed by atoms with van der Waals surface area (Å²) in [6, 6.07) is 12.6. The lowest BCUT2D eigenvalue weighted by molar-refractivity contribution is -0.112. The number of ether oxygens (including phenoxy) is 3. The monoisotopic (exact) mass is 542 g/mol. The Kier molecular flexibility index (Phi) is 8.59. The minimum absolute atomic E-state index is 0.0660. The van der Waals surface area contributed by atoms with Crippen LogP contribution in [0, 0.1) is 11.3 Å². The lowest BCUT2D eigenvalue weighted by Gasteiger charge is -2.10. The summed E-state index contributed by atoms with van der Waals surface area (Å²) >= 11 is 0.686. The van der Waals surface area contributed by atoms with Crippen LogP contribution in [-0.4, -0.2) is 49.1 Å². The molecule has 0 atom stereocenters. The Balaban J connectivity index is 1.77. The summed E-state index contributed by atoms with van der Waals surface area (Å²) in [6.45, 7) is 2.98. The van der Waals surface area contributed by atoms with Gasteiger partial charge in [0.05, 0.1) is 25.0 Å². The minimum atomic E-state index is -3.71. The fraction of sp³-hybridized carbons (Fsp3) is 0.208. The van der Waals surface area contributed by atoms with Gasteiger partial charge >= 0.3 is 5.97 Å². The predicted molar refractivity (Wildman–Crippen MR) is 135 cm³/mol. The summed E-state index contributed by atoms with van der Waals surface area (Å²) < 4.78 is 43.9. The van der Waals surface area contributed by atoms with Gasteiger partial charge in [-0.05, 0) is 61.9 Å². The van der Waals surface area contributed by atoms with Gasteiger partial charge in [-0.1, -0.05) is 6.07 Å². The highest BCUT2D eigenvalue weighted by Crippen LogP contribution is 2.30. The zero-order chi connectivity index (χ0) is 27.2. The van der Waals surface area contributed by atoms with E-state index in [1.54, 1.807) is 30.3 Å². The van der Waals surface area contributed by atoms with E-state index in [0.717, 1.165) is 0 Å². The van der Waals surface area contributed by atoms with Gasteiger partial charge in [0.1, 0.15) is 17.4 Å². The summed E-state index contributed by atoms with van der Waals surface area (Å²) in [7, 11) is -0.811. The molecule has 0 aliphatic carbocycles. The second-order valence-electron chi connectivity index (χ2n) is 7.63. The van der Waals surface area contributed by atoms with Crippen LogP contribution in [0.4, 0.5) is 5.13 Å². The molecule has 192 valence electrons. The summed E-state index contributed by atoms with van der Waals surface area (Å²) in [4.78, 5) is 28.9. The van der Waals surface area contributed by atoms with Gasteiger partial charge in [0.25, 0.3) is 11.1 Å². The molecule has 1 aromatic heterocycles. The number of rotatable bonds is 9. The summed E-state index contributed by atoms with van der Waals surface area (Å²) in [6.07, 6.45) is 1.29. The fourth-order valence-corrected chi connectivity index (χ4v) is 4.51. The predicted octanol–water partition coefficient (Wildman–Crippen LogP) is 3.50. The van der Waals surface area contributed by atoms with Crippen molar-refractivity contribution in [3.8, 4) is 23.3 Å². The van der Waals surface area contributed by atoms with Crippen LogP contribution in [0.3, 0.4) is 0 Å². The number of esters is 1. The SMILES string of the molecule is COc1ccc(C(=O)Oc2ccc(/C=C(/C#N)C(=O)Nc3nc(S(=O)(=O)C(C)C)ns3)cc2OC)cc1. The topological polar surface area (TPSA) is 158 Å². The maximum absolute atomic E-state index is 12.6. The molecule has 1 heterocycles. The second-order valence-corrected chi connectivity index (χ2v) is 10.8. The Morgan fingerprint density at radius 1 is 1.08 bits per heavy atom. The zero-order valence-electron chi connectivity index (χ0n) is 20.2. The third-order valence-electron chi connectivity index (χ3n) is 4.90. The zero-order valence-corrected chi connectivity index (χ0v) is 21.8. The van der Waals surface area contributed by atoms with Crippen molar-refractivity contribution >= 4 is 44.5 Å². The molecule has 0 bridgehead atoms. The van der Waals surface area contributed by atoms with Crippen molar-refractivity contribution in [1.29, 1.82) is 5.26 Å². The first-order chi connectivity index (χ1) is 17.6. The Morgan fingerprint density at radius 3 is 2.38 bits per heavy atom. The normalized spacial score (nSPS) is 11.5. The highest BCUT2D eigenvalue weighted by atomic mass is 32.2. The largest absolute Gasteiger partial charge is 0.497 e. The minimum Gasteiger partial charge on any atom is -0.497 e. The van der Waals surface area contributed by atoms with Crippen LogP contribution in [0.1, 0.15) is 29.8 Å². The molecule has 11 nitrogen and oxygen atoms in total. The third kappa shape index (κ3) is 6.49. The number of sulfone groups is 1. The molecule has 1 N–H and O–H groups in total. The number of methoxy groups -OCH3 is 2. The molecule has 3 aromatic rings. The second kappa shape index (κ2) is 11.6. The van der Waals surface area contributed by atoms with Crippen LogP contribution in [0.15, 0.2) is 53.2 Å². The van der Waals surface area contributed by atoms with Crippen molar-refractivity contribution in [3.63, 3.8) is 0 Å². The molecule has 1 amide bonds. The molecule has 0 radical (unpaired) electrons. The van der Waals surface area contributed by atoms with E-state index >= 15 is 0 Å². The van der Waals surface area contributed by atoms with Crippen LogP contribution < -0.4 is 19.5 Å². The van der Waals surface area contributed by atoms with Gasteiger partial charge in [-0.15, -0.1) is 0 Å². The molecule has 0 aliphatic heterocycles. The lowest BCUT2D eigenvalue weighted by atomic mass is 10.1. The first-order valence-electron chi connectivity index (χ1n) is 10.6. The van der Waals surface area contributed by atoms with Gasteiger partial charge in [-0.25, -0.2) is 13.2 Å². The molecule has 0 fully saturated rings. The van der Waals surface area contributed by atoms with E-state index in [1.807, 2.05) is 0 Å². The van der Waals surface area contributed by atoms with Crippen molar-refractivity contribution in [1.82, 2.24) is 9.36 Å². The third-order valence-corrected chi connectivity index (χ3v) is 7.57. The first kappa shape index (κ1) is 27.3. The van der Waals surface area contributed by atoms with Gasteiger partial charge < -0.3 is 14.2 Å². The number of nitrogens with one attached hydrogen (secondary N) is 1. The Bertz CT molecular complexity index is 1490. The molecule has 0 aliphatic rings. The average molecular weight is 543 g/mol. The van der Waals surface area contributed by atoms with E-state index in [4.69, 9.17) is 14.2 Å². The quantitative estimate of drug-likeness (QED) is 0.184. The van der Waals surface area contributed by atoms with E-state index in [-0.39, 0.29) is 22.2 Å². The number of anilines is 1. The van der Waals surface area contributed by atoms with Crippen molar-refractivity contribution in [3.05, 3.63) is 59.2 Å². The van der Waals surface area contributed by atoms with E-state index in [2.05, 4.69) is 14.7 Å². The number of hydrogen-bond donors (Lipinski definition) is 1. The molecular weight excluding hydrogens is 520 g/mol. The Morgan fingerprint density at radius 2 is 1.78 bits per heavy atom. The lowest BCUT2D eigenvalue weighted by Crippen LogP contribution is -2.16. The first-order valence-corrected chi connectivity index (χ1v) is 13.0. The van der Waals surface area contributed by atoms with Crippen molar-refractivity contribution in [2.75, 3.05) is 19.5 Å². The van der Waals surface area contributed by atoms with Crippen LogP contribution in [0.5, 0.6) is 17.2 Å². The molecule has 0 saturated heterocycles. The van der Waals surface area contributed by atoms with Crippen molar-refractivity contribution in [2.24, 2.45) is 0 Å². The van der Waals surface area contributed by atoms with Gasteiger partial charge in [-0.2, -0.15) is 14.6 Å². The number of carbonyl (C=O) groups is 2. The number of nitriles is 1. The average Bonchev–Trinajstić information content (AvgIpc) is 3.37. The van der Waals surface area contributed by atoms with Crippen LogP contribution in [-0.2, 0) is 14.6 Å². The van der Waals surface area contributed by atoms with Crippen LogP contribution >= 0.6 is 11.5 Å². The molecule has 0 saturated carbocycles. The highest BCUT2D eigenvalue weighted by Gasteiger charge is 2.25. The molecule has 37 heavy (non-hydrogen) atoms. The van der Waals surface area contributed by atoms with Crippen molar-refractivity contribution in [2.45, 2.75) is 24.3 Å². The standard InChI is InChI=1S/C24H22N4O7S2/c1-14(2)37(31,32)24-27-23(36-28-24)26-21(29)17(13-25)11-15-5-10-19(20(12-15)34-4)35-22(30)16-6-8-18(33-3)9-7-16/h5-12,14H,1-4H3,(H,26,27,28,29)/b17-11-. The maximum atomic E-state index is 12.6. The summed E-state index contributed by atoms with van der Waals surface area (Å²) in [5.74, 6) is -0.495. The number of aromatic nitrogens is 2. The van der Waals surface area contributed by atoms with Crippen LogP contribution in [0.2, 0.25) is 0 Å². The number of benzene rings is 2. The molecule has 13 heteroatoms. The van der Waals surface area contributed by atoms with Gasteiger partial charge in [0.15, 0.2) is 11.5 Å². The number of amides is 1. The molecule has 2 aromatic carbocycles. The van der Waals surface area contributed by atoms with Gasteiger partial charge in [0, 0.05) is 11.5 Å². The number of hydrogen-bond acceptors (Lipinski definition) is 11. The number of carbonyl (C=O) groups excluding carboxylic acids is 2. The van der Waals surface area contributed by atoms with Gasteiger partial charge in [0.2, 0.25) is 15.0 Å². The molecular formula is C24H22N4O7S2. The van der Waals surface area contributed by atoms with E-state index in [9.17, 15) is 23.3 Å². The van der Waals surface area contributed by atoms with E-state index in [0.29, 0.717) is 28.4 Å². The van der Waals surface area contributed by atoms with E-state index in [1.165, 1.54) is 52.3 Å². The molecule has 0 unspecified atom stereocenters. The van der Waals surface area contributed by atoms with Crippen LogP contribution in [0.25, 0.3) is 6.08 Å². The van der Waals surface area contributed by atoms with Gasteiger partial charge in [-0.3, -0.25) is 10.1 Å². The molecule has 0 spiro atoms. The smallest absolute Gasteiger partial charge is 0.343 e. The maximum Gasteiger partial charge on any atom is 0.343 e. The Labute approximate surface area is 217 Å². The Hall–Kier alpha value is -4.28. The summed E-state index contributed by atoms with van der Waals surface area (Å²) in [5, 5.41) is 10.7. The fourth-order valence-electron chi connectivity index (χ4n) is 2.81. The number of nitrogens with zero attached hydrogens (tertiary/aromatic N) is 3. The van der Waals surface area contributed by atoms with E-state index < -0.39 is 32.1 Å².